The summed E-state index contributed by atoms with van der Waals surface area (Å²) in [5.41, 5.74) is 5.12. The van der Waals surface area contributed by atoms with Gasteiger partial charge < -0.3 is 10.1 Å². The van der Waals surface area contributed by atoms with Crippen molar-refractivity contribution >= 4 is 11.7 Å². The van der Waals surface area contributed by atoms with E-state index in [1.54, 1.807) is 0 Å². The van der Waals surface area contributed by atoms with Gasteiger partial charge in [0.2, 0.25) is 0 Å². The van der Waals surface area contributed by atoms with Gasteiger partial charge in [0.25, 0.3) is 6.02 Å². The second kappa shape index (κ2) is 5.24. The number of aryl methyl sites for hydroxylation is 1. The molecule has 0 amide bonds. The summed E-state index contributed by atoms with van der Waals surface area (Å²) in [4.78, 5) is 4.75. The largest absolute Gasteiger partial charge is 0.460 e. The first-order valence-electron chi connectivity index (χ1n) is 7.53. The van der Waals surface area contributed by atoms with Crippen LogP contribution < -0.4 is 5.32 Å². The maximum Gasteiger partial charge on any atom is 0.290 e. The molecule has 0 radical (unpaired) electrons. The predicted octanol–water partition coefficient (Wildman–Crippen LogP) is 4.06. The molecule has 0 fully saturated rings. The molecule has 2 aliphatic rings. The average Bonchev–Trinajstić information content (AvgIpc) is 2.54. The second-order valence-electron chi connectivity index (χ2n) is 5.62. The molecular weight excluding hydrogens is 260 g/mol. The molecule has 1 N–H and O–H groups in total. The third kappa shape index (κ3) is 2.40. The van der Waals surface area contributed by atoms with Crippen molar-refractivity contribution in [3.8, 4) is 0 Å². The molecule has 0 saturated heterocycles. The van der Waals surface area contributed by atoms with Crippen LogP contribution >= 0.6 is 0 Å². The van der Waals surface area contributed by atoms with Gasteiger partial charge in [-0.2, -0.15) is 0 Å². The Morgan fingerprint density at radius 2 is 2.00 bits per heavy atom. The Hall–Kier alpha value is -2.29. The highest BCUT2D eigenvalue weighted by Gasteiger charge is 2.27. The molecule has 1 unspecified atom stereocenters. The number of nitrogens with one attached hydrogen (secondary N) is 1. The van der Waals surface area contributed by atoms with E-state index < -0.39 is 0 Å². The van der Waals surface area contributed by atoms with E-state index in [4.69, 9.17) is 9.73 Å². The van der Waals surface area contributed by atoms with Gasteiger partial charge >= 0.3 is 0 Å². The molecule has 0 bridgehead atoms. The molecule has 106 valence electrons. The van der Waals surface area contributed by atoms with Crippen molar-refractivity contribution in [3.05, 3.63) is 65.2 Å². The first-order valence-corrected chi connectivity index (χ1v) is 7.53. The van der Waals surface area contributed by atoms with E-state index in [0.717, 1.165) is 24.1 Å². The van der Waals surface area contributed by atoms with Gasteiger partial charge in [0.05, 0.1) is 6.04 Å². The lowest BCUT2D eigenvalue weighted by Crippen LogP contribution is -2.25. The topological polar surface area (TPSA) is 33.6 Å². The van der Waals surface area contributed by atoms with Gasteiger partial charge in [-0.1, -0.05) is 42.5 Å². The minimum atomic E-state index is 0.261. The molecule has 1 aliphatic carbocycles. The molecule has 1 atom stereocenters. The quantitative estimate of drug-likeness (QED) is 0.898. The maximum atomic E-state index is 5.86. The summed E-state index contributed by atoms with van der Waals surface area (Å²) in [7, 11) is 0. The van der Waals surface area contributed by atoms with E-state index in [-0.39, 0.29) is 6.04 Å². The molecule has 3 nitrogen and oxygen atoms in total. The summed E-state index contributed by atoms with van der Waals surface area (Å²) in [6, 6.07) is 17.6. The number of hydrogen-bond acceptors (Lipinski definition) is 3. The standard InChI is InChI=1S/C18H18N2O/c1-2-6-13(7-3-1)12-21-18-19-15-10-4-8-14-9-5-11-16(20-18)17(14)15/h1-4,6-8,10,16H,5,9,11-12H2,(H,19,20). The number of rotatable bonds is 2. The van der Waals surface area contributed by atoms with Crippen LogP contribution in [-0.4, -0.2) is 6.02 Å². The Balaban J connectivity index is 1.55. The Kier molecular flexibility index (Phi) is 3.11. The van der Waals surface area contributed by atoms with Gasteiger partial charge in [-0.25, -0.2) is 4.99 Å². The summed E-state index contributed by atoms with van der Waals surface area (Å²) < 4.78 is 5.86. The van der Waals surface area contributed by atoms with Crippen LogP contribution in [0.3, 0.4) is 0 Å². The molecule has 1 heterocycles. The summed E-state index contributed by atoms with van der Waals surface area (Å²) in [6.07, 6.45) is 3.48. The first kappa shape index (κ1) is 12.5. The summed E-state index contributed by atoms with van der Waals surface area (Å²) >= 11 is 0. The number of nitrogens with zero attached hydrogens (tertiary/aromatic N) is 1. The average molecular weight is 278 g/mol. The molecule has 3 heteroatoms. The first-order chi connectivity index (χ1) is 10.4. The summed E-state index contributed by atoms with van der Waals surface area (Å²) in [5.74, 6) is 0. The van der Waals surface area contributed by atoms with Gasteiger partial charge in [-0.15, -0.1) is 0 Å². The zero-order chi connectivity index (χ0) is 14.1. The molecule has 0 aromatic heterocycles. The molecule has 21 heavy (non-hydrogen) atoms. The van der Waals surface area contributed by atoms with Crippen molar-refractivity contribution < 1.29 is 4.74 Å². The monoisotopic (exact) mass is 278 g/mol. The van der Waals surface area contributed by atoms with Gasteiger partial charge in [0, 0.05) is 11.3 Å². The lowest BCUT2D eigenvalue weighted by molar-refractivity contribution is 0.286. The van der Waals surface area contributed by atoms with Crippen LogP contribution in [0.2, 0.25) is 0 Å². The third-order valence-electron chi connectivity index (χ3n) is 4.19. The van der Waals surface area contributed by atoms with E-state index in [1.807, 2.05) is 18.2 Å². The van der Waals surface area contributed by atoms with Crippen LogP contribution in [0.5, 0.6) is 0 Å². The SMILES string of the molecule is c1ccc(COC2=NC3CCCc4cccc(c43)N2)cc1. The van der Waals surface area contributed by atoms with Gasteiger partial charge in [-0.05, 0) is 36.5 Å². The smallest absolute Gasteiger partial charge is 0.290 e. The number of amidine groups is 1. The summed E-state index contributed by atoms with van der Waals surface area (Å²) in [5, 5.41) is 3.33. The van der Waals surface area contributed by atoms with Crippen molar-refractivity contribution in [3.63, 3.8) is 0 Å². The van der Waals surface area contributed by atoms with Gasteiger partial charge in [0.1, 0.15) is 6.61 Å². The molecule has 1 aliphatic heterocycles. The zero-order valence-corrected chi connectivity index (χ0v) is 11.9. The van der Waals surface area contributed by atoms with E-state index in [0.29, 0.717) is 12.6 Å². The maximum absolute atomic E-state index is 5.86. The lowest BCUT2D eigenvalue weighted by atomic mass is 9.86. The van der Waals surface area contributed by atoms with Crippen molar-refractivity contribution in [1.29, 1.82) is 0 Å². The minimum absolute atomic E-state index is 0.261. The Morgan fingerprint density at radius 1 is 1.10 bits per heavy atom. The highest BCUT2D eigenvalue weighted by molar-refractivity contribution is 5.92. The van der Waals surface area contributed by atoms with Crippen LogP contribution in [-0.2, 0) is 17.8 Å². The second-order valence-corrected chi connectivity index (χ2v) is 5.62. The highest BCUT2D eigenvalue weighted by Crippen LogP contribution is 2.40. The van der Waals surface area contributed by atoms with Crippen LogP contribution in [0.15, 0.2) is 53.5 Å². The van der Waals surface area contributed by atoms with Crippen LogP contribution in [0.25, 0.3) is 0 Å². The van der Waals surface area contributed by atoms with Crippen molar-refractivity contribution in [2.45, 2.75) is 31.9 Å². The van der Waals surface area contributed by atoms with Crippen molar-refractivity contribution in [1.82, 2.24) is 0 Å². The van der Waals surface area contributed by atoms with Crippen LogP contribution in [0.4, 0.5) is 5.69 Å². The minimum Gasteiger partial charge on any atom is -0.460 e. The van der Waals surface area contributed by atoms with E-state index in [2.05, 4.69) is 35.6 Å². The van der Waals surface area contributed by atoms with E-state index in [9.17, 15) is 0 Å². The number of aliphatic imine (C=N–C) groups is 1. The fourth-order valence-electron chi connectivity index (χ4n) is 3.18. The van der Waals surface area contributed by atoms with E-state index >= 15 is 0 Å². The van der Waals surface area contributed by atoms with Crippen molar-refractivity contribution in [2.75, 3.05) is 5.32 Å². The molecule has 0 saturated carbocycles. The zero-order valence-electron chi connectivity index (χ0n) is 11.9. The van der Waals surface area contributed by atoms with Crippen LogP contribution in [0.1, 0.15) is 35.6 Å². The number of hydrogen-bond donors (Lipinski definition) is 1. The molecule has 4 rings (SSSR count). The van der Waals surface area contributed by atoms with Crippen molar-refractivity contribution in [2.24, 2.45) is 4.99 Å². The Morgan fingerprint density at radius 3 is 2.90 bits per heavy atom. The predicted molar refractivity (Wildman–Crippen MR) is 84.4 cm³/mol. The number of benzene rings is 2. The third-order valence-corrected chi connectivity index (χ3v) is 4.19. The normalized spacial score (nSPS) is 19.2. The molecule has 0 spiro atoms. The fourth-order valence-corrected chi connectivity index (χ4v) is 3.18. The van der Waals surface area contributed by atoms with Gasteiger partial charge in [-0.3, -0.25) is 0 Å². The number of anilines is 1. The number of ether oxygens (including phenoxy) is 1. The Labute approximate surface area is 124 Å². The molecule has 2 aromatic rings. The lowest BCUT2D eigenvalue weighted by Gasteiger charge is -2.30. The molecular formula is C18H18N2O. The fraction of sp³-hybridized carbons (Fsp3) is 0.278. The van der Waals surface area contributed by atoms with Gasteiger partial charge in [0.15, 0.2) is 0 Å². The van der Waals surface area contributed by atoms with E-state index in [1.165, 1.54) is 17.5 Å². The highest BCUT2D eigenvalue weighted by atomic mass is 16.5. The summed E-state index contributed by atoms with van der Waals surface area (Å²) in [6.45, 7) is 0.550. The Bertz CT molecular complexity index is 679. The molecule has 2 aromatic carbocycles. The van der Waals surface area contributed by atoms with Crippen LogP contribution in [0, 0.1) is 0 Å².